The number of nitrogens with zero attached hydrogens (tertiary/aromatic N) is 3. The number of halogens is 1. The molecule has 1 aromatic heterocycles. The Bertz CT molecular complexity index is 645. The van der Waals surface area contributed by atoms with E-state index in [1.165, 1.54) is 5.56 Å². The molecule has 1 amide bonds. The van der Waals surface area contributed by atoms with Gasteiger partial charge in [-0.2, -0.15) is 0 Å². The van der Waals surface area contributed by atoms with Gasteiger partial charge in [0.1, 0.15) is 0 Å². The topological polar surface area (TPSA) is 62.5 Å². The fourth-order valence-electron chi connectivity index (χ4n) is 3.16. The van der Waals surface area contributed by atoms with Crippen LogP contribution in [0.2, 0.25) is 0 Å². The van der Waals surface area contributed by atoms with E-state index in [9.17, 15) is 4.79 Å². The van der Waals surface area contributed by atoms with E-state index in [0.717, 1.165) is 38.3 Å². The smallest absolute Gasteiger partial charge is 0.231 e. The number of rotatable bonds is 5. The first kappa shape index (κ1) is 19.4. The molecule has 0 spiro atoms. The largest absolute Gasteiger partial charge is 0.340 e. The van der Waals surface area contributed by atoms with Crippen molar-refractivity contribution in [2.75, 3.05) is 32.7 Å². The van der Waals surface area contributed by atoms with Gasteiger partial charge >= 0.3 is 0 Å². The molecule has 1 unspecified atom stereocenters. The van der Waals surface area contributed by atoms with Crippen molar-refractivity contribution in [3.05, 3.63) is 66.0 Å². The monoisotopic (exact) mass is 360 g/mol. The highest BCUT2D eigenvalue weighted by Crippen LogP contribution is 2.19. The van der Waals surface area contributed by atoms with Crippen molar-refractivity contribution in [1.29, 1.82) is 0 Å². The normalized spacial score (nSPS) is 16.1. The lowest BCUT2D eigenvalue weighted by Crippen LogP contribution is -2.50. The quantitative estimate of drug-likeness (QED) is 0.884. The number of pyridine rings is 1. The van der Waals surface area contributed by atoms with E-state index in [1.54, 1.807) is 0 Å². The molecule has 1 aliphatic rings. The molecule has 3 rings (SSSR count). The average Bonchev–Trinajstić information content (AvgIpc) is 2.65. The Labute approximate surface area is 155 Å². The SMILES string of the molecule is Cl.NCC(C(=O)N1CCN(Cc2ccncc2)CC1)c1ccccc1. The molecule has 1 saturated heterocycles. The summed E-state index contributed by atoms with van der Waals surface area (Å²) in [6, 6.07) is 13.9. The Morgan fingerprint density at radius 3 is 2.28 bits per heavy atom. The number of carbonyl (C=O) groups excluding carboxylic acids is 1. The number of hydrogen-bond acceptors (Lipinski definition) is 4. The number of aromatic nitrogens is 1. The van der Waals surface area contributed by atoms with Gasteiger partial charge in [-0.3, -0.25) is 14.7 Å². The Kier molecular flexibility index (Phi) is 7.37. The molecular weight excluding hydrogens is 336 g/mol. The minimum absolute atomic E-state index is 0. The summed E-state index contributed by atoms with van der Waals surface area (Å²) >= 11 is 0. The van der Waals surface area contributed by atoms with E-state index in [0.29, 0.717) is 6.54 Å². The van der Waals surface area contributed by atoms with Crippen LogP contribution >= 0.6 is 12.4 Å². The van der Waals surface area contributed by atoms with E-state index in [1.807, 2.05) is 59.8 Å². The van der Waals surface area contributed by atoms with Gasteiger partial charge in [0.25, 0.3) is 0 Å². The predicted octanol–water partition coefficient (Wildman–Crippen LogP) is 1.89. The summed E-state index contributed by atoms with van der Waals surface area (Å²) < 4.78 is 0. The first-order chi connectivity index (χ1) is 11.8. The number of benzene rings is 1. The molecule has 1 fully saturated rings. The van der Waals surface area contributed by atoms with Crippen molar-refractivity contribution in [2.45, 2.75) is 12.5 Å². The number of nitrogens with two attached hydrogens (primary N) is 1. The van der Waals surface area contributed by atoms with Crippen molar-refractivity contribution in [3.8, 4) is 0 Å². The van der Waals surface area contributed by atoms with Crippen molar-refractivity contribution >= 4 is 18.3 Å². The van der Waals surface area contributed by atoms with E-state index in [-0.39, 0.29) is 24.2 Å². The maximum absolute atomic E-state index is 12.8. The molecule has 5 nitrogen and oxygen atoms in total. The molecule has 0 saturated carbocycles. The number of hydrogen-bond donors (Lipinski definition) is 1. The first-order valence-corrected chi connectivity index (χ1v) is 8.43. The third kappa shape index (κ3) is 5.01. The molecule has 134 valence electrons. The lowest BCUT2D eigenvalue weighted by Gasteiger charge is -2.36. The van der Waals surface area contributed by atoms with Gasteiger partial charge in [0.2, 0.25) is 5.91 Å². The van der Waals surface area contributed by atoms with Gasteiger partial charge in [-0.15, -0.1) is 12.4 Å². The molecule has 2 N–H and O–H groups in total. The fraction of sp³-hybridized carbons (Fsp3) is 0.368. The van der Waals surface area contributed by atoms with Gasteiger partial charge in [0, 0.05) is 51.7 Å². The summed E-state index contributed by atoms with van der Waals surface area (Å²) in [5.41, 5.74) is 8.14. The van der Waals surface area contributed by atoms with Crippen molar-refractivity contribution in [3.63, 3.8) is 0 Å². The molecule has 1 atom stereocenters. The van der Waals surface area contributed by atoms with E-state index >= 15 is 0 Å². The summed E-state index contributed by atoms with van der Waals surface area (Å²) in [7, 11) is 0. The number of piperazine rings is 1. The Hall–Kier alpha value is -1.95. The highest BCUT2D eigenvalue weighted by atomic mass is 35.5. The lowest BCUT2D eigenvalue weighted by molar-refractivity contribution is -0.134. The van der Waals surface area contributed by atoms with Crippen molar-refractivity contribution in [2.24, 2.45) is 5.73 Å². The number of carbonyl (C=O) groups is 1. The maximum atomic E-state index is 12.8. The van der Waals surface area contributed by atoms with Crippen LogP contribution < -0.4 is 5.73 Å². The van der Waals surface area contributed by atoms with Gasteiger partial charge in [-0.1, -0.05) is 30.3 Å². The Morgan fingerprint density at radius 1 is 1.04 bits per heavy atom. The Morgan fingerprint density at radius 2 is 1.68 bits per heavy atom. The summed E-state index contributed by atoms with van der Waals surface area (Å²) in [5.74, 6) is -0.0924. The molecule has 1 aliphatic heterocycles. The summed E-state index contributed by atoms with van der Waals surface area (Å²) in [5, 5.41) is 0. The molecular formula is C19H25ClN4O. The first-order valence-electron chi connectivity index (χ1n) is 8.43. The maximum Gasteiger partial charge on any atom is 0.231 e. The van der Waals surface area contributed by atoms with Crippen LogP contribution in [0.4, 0.5) is 0 Å². The second-order valence-corrected chi connectivity index (χ2v) is 6.16. The zero-order valence-corrected chi connectivity index (χ0v) is 15.1. The molecule has 0 aliphatic carbocycles. The van der Waals surface area contributed by atoms with Crippen LogP contribution in [0.1, 0.15) is 17.0 Å². The second-order valence-electron chi connectivity index (χ2n) is 6.16. The highest BCUT2D eigenvalue weighted by molar-refractivity contribution is 5.85. The minimum atomic E-state index is -0.238. The van der Waals surface area contributed by atoms with Crippen LogP contribution in [-0.4, -0.2) is 53.4 Å². The van der Waals surface area contributed by atoms with Crippen LogP contribution in [-0.2, 0) is 11.3 Å². The van der Waals surface area contributed by atoms with Gasteiger partial charge < -0.3 is 10.6 Å². The summed E-state index contributed by atoms with van der Waals surface area (Å²) in [6.07, 6.45) is 3.64. The Balaban J connectivity index is 0.00000225. The van der Waals surface area contributed by atoms with E-state index in [4.69, 9.17) is 5.73 Å². The molecule has 6 heteroatoms. The lowest BCUT2D eigenvalue weighted by atomic mass is 9.97. The van der Waals surface area contributed by atoms with E-state index in [2.05, 4.69) is 9.88 Å². The van der Waals surface area contributed by atoms with Gasteiger partial charge in [0.15, 0.2) is 0 Å². The molecule has 2 aromatic rings. The van der Waals surface area contributed by atoms with Gasteiger partial charge in [0.05, 0.1) is 5.92 Å². The number of amides is 1. The van der Waals surface area contributed by atoms with Gasteiger partial charge in [-0.25, -0.2) is 0 Å². The molecule has 0 radical (unpaired) electrons. The zero-order chi connectivity index (χ0) is 16.8. The second kappa shape index (κ2) is 9.51. The van der Waals surface area contributed by atoms with Gasteiger partial charge in [-0.05, 0) is 23.3 Å². The predicted molar refractivity (Wildman–Crippen MR) is 102 cm³/mol. The molecule has 0 bridgehead atoms. The standard InChI is InChI=1S/C19H24N4O.ClH/c20-14-18(17-4-2-1-3-5-17)19(24)23-12-10-22(11-13-23)15-16-6-8-21-9-7-16;/h1-9,18H,10-15,20H2;1H. The minimum Gasteiger partial charge on any atom is -0.340 e. The van der Waals surface area contributed by atoms with Crippen molar-refractivity contribution < 1.29 is 4.79 Å². The molecule has 1 aromatic carbocycles. The van der Waals surface area contributed by atoms with Crippen LogP contribution in [0, 0.1) is 0 Å². The van der Waals surface area contributed by atoms with Crippen LogP contribution in [0.3, 0.4) is 0 Å². The molecule has 25 heavy (non-hydrogen) atoms. The average molecular weight is 361 g/mol. The third-order valence-corrected chi connectivity index (χ3v) is 4.58. The molecule has 2 heterocycles. The summed E-state index contributed by atoms with van der Waals surface area (Å²) in [4.78, 5) is 21.2. The van der Waals surface area contributed by atoms with Crippen LogP contribution in [0.15, 0.2) is 54.9 Å². The van der Waals surface area contributed by atoms with Crippen LogP contribution in [0.5, 0.6) is 0 Å². The summed E-state index contributed by atoms with van der Waals surface area (Å²) in [6.45, 7) is 4.55. The zero-order valence-electron chi connectivity index (χ0n) is 14.3. The highest BCUT2D eigenvalue weighted by Gasteiger charge is 2.27. The van der Waals surface area contributed by atoms with Crippen molar-refractivity contribution in [1.82, 2.24) is 14.8 Å². The van der Waals surface area contributed by atoms with E-state index < -0.39 is 0 Å². The van der Waals surface area contributed by atoms with Crippen LogP contribution in [0.25, 0.3) is 0 Å². The third-order valence-electron chi connectivity index (χ3n) is 4.58. The fourth-order valence-corrected chi connectivity index (χ4v) is 3.16.